The Kier molecular flexibility index (Phi) is 20.0. The molecule has 57 valence electrons. The molecule has 0 aromatic heterocycles. The van der Waals surface area contributed by atoms with E-state index in [1.54, 1.807) is 6.92 Å². The van der Waals surface area contributed by atoms with Crippen LogP contribution in [0.15, 0.2) is 12.0 Å². The fourth-order valence-corrected chi connectivity index (χ4v) is 0.368. The normalized spacial score (nSPS) is 9.20. The van der Waals surface area contributed by atoms with Gasteiger partial charge in [0.25, 0.3) is 0 Å². The molecule has 4 heteroatoms. The van der Waals surface area contributed by atoms with E-state index in [0.717, 1.165) is 6.42 Å². The van der Waals surface area contributed by atoms with E-state index >= 15 is 0 Å². The van der Waals surface area contributed by atoms with Crippen molar-refractivity contribution in [2.75, 3.05) is 6.61 Å². The zero-order chi connectivity index (χ0) is 6.41. The number of allylic oxidation sites excluding steroid dienone is 1. The molecule has 1 radical (unpaired) electrons. The molecule has 0 unspecified atom stereocenters. The maximum atomic E-state index is 10.4. The molecule has 0 aliphatic rings. The second kappa shape index (κ2) is 12.0. The predicted molar refractivity (Wildman–Crippen MR) is 30.7 cm³/mol. The van der Waals surface area contributed by atoms with Crippen molar-refractivity contribution in [3.8, 4) is 0 Å². The van der Waals surface area contributed by atoms with Crippen LogP contribution in [0.3, 0.4) is 0 Å². The minimum Gasteiger partial charge on any atom is -1.00 e. The summed E-state index contributed by atoms with van der Waals surface area (Å²) in [6.07, 6.45) is 2.27. The first-order valence-electron chi connectivity index (χ1n) is 2.81. The van der Waals surface area contributed by atoms with Crippen LogP contribution in [-0.2, 0) is 29.3 Å². The molecule has 0 atom stereocenters. The van der Waals surface area contributed by atoms with Gasteiger partial charge in [0.15, 0.2) is 0 Å². The SMILES string of the molecule is CCC=C([O])OCC.[Cl-].[Zn]. The number of ether oxygens (including phenoxy) is 1. The third-order valence-electron chi connectivity index (χ3n) is 0.657. The van der Waals surface area contributed by atoms with E-state index in [4.69, 9.17) is 0 Å². The molecule has 0 N–H and O–H groups in total. The van der Waals surface area contributed by atoms with Crippen molar-refractivity contribution in [2.45, 2.75) is 20.3 Å². The quantitative estimate of drug-likeness (QED) is 0.426. The summed E-state index contributed by atoms with van der Waals surface area (Å²) in [6, 6.07) is 0. The molecule has 0 bridgehead atoms. The van der Waals surface area contributed by atoms with Crippen molar-refractivity contribution in [3.05, 3.63) is 12.0 Å². The Morgan fingerprint density at radius 3 is 2.30 bits per heavy atom. The molecule has 0 fully saturated rings. The molecule has 0 spiro atoms. The Bertz CT molecular complexity index is 85.8. The van der Waals surface area contributed by atoms with Crippen molar-refractivity contribution >= 4 is 0 Å². The maximum absolute atomic E-state index is 10.4. The molecule has 2 nitrogen and oxygen atoms in total. The molecule has 0 saturated heterocycles. The third-order valence-corrected chi connectivity index (χ3v) is 0.657. The van der Waals surface area contributed by atoms with E-state index in [0.29, 0.717) is 6.61 Å². The Labute approximate surface area is 80.8 Å². The van der Waals surface area contributed by atoms with Crippen LogP contribution in [0.25, 0.3) is 0 Å². The topological polar surface area (TPSA) is 29.1 Å². The van der Waals surface area contributed by atoms with Crippen molar-refractivity contribution in [2.24, 2.45) is 0 Å². The van der Waals surface area contributed by atoms with Crippen LogP contribution >= 0.6 is 0 Å². The van der Waals surface area contributed by atoms with Gasteiger partial charge in [-0.15, -0.1) is 0 Å². The number of rotatable bonds is 3. The summed E-state index contributed by atoms with van der Waals surface area (Å²) in [6.45, 7) is 4.16. The maximum Gasteiger partial charge on any atom is 0.326 e. The van der Waals surface area contributed by atoms with E-state index in [9.17, 15) is 5.11 Å². The first-order chi connectivity index (χ1) is 3.81. The van der Waals surface area contributed by atoms with Crippen molar-refractivity contribution in [1.29, 1.82) is 0 Å². The van der Waals surface area contributed by atoms with Gasteiger partial charge in [-0.1, -0.05) is 6.92 Å². The van der Waals surface area contributed by atoms with Crippen LogP contribution in [-0.4, -0.2) is 6.61 Å². The Balaban J connectivity index is -0.000000245. The molecular formula is C6H11ClO2Zn-. The Morgan fingerprint density at radius 2 is 2.00 bits per heavy atom. The molecule has 0 heterocycles. The van der Waals surface area contributed by atoms with Gasteiger partial charge in [0.05, 0.1) is 6.61 Å². The van der Waals surface area contributed by atoms with Gasteiger partial charge in [-0.2, -0.15) is 0 Å². The zero-order valence-corrected chi connectivity index (χ0v) is 10.1. The van der Waals surface area contributed by atoms with Gasteiger partial charge in [0, 0.05) is 25.6 Å². The Hall–Kier alpha value is 0.253. The van der Waals surface area contributed by atoms with Crippen LogP contribution in [0.4, 0.5) is 0 Å². The van der Waals surface area contributed by atoms with E-state index < -0.39 is 0 Å². The fourth-order valence-electron chi connectivity index (χ4n) is 0.368. The van der Waals surface area contributed by atoms with Gasteiger partial charge >= 0.3 is 5.95 Å². The van der Waals surface area contributed by atoms with Crippen molar-refractivity contribution in [1.82, 2.24) is 0 Å². The van der Waals surface area contributed by atoms with E-state index in [-0.39, 0.29) is 37.8 Å². The first-order valence-corrected chi connectivity index (χ1v) is 2.81. The van der Waals surface area contributed by atoms with Crippen LogP contribution in [0.5, 0.6) is 0 Å². The van der Waals surface area contributed by atoms with E-state index in [1.165, 1.54) is 6.08 Å². The summed E-state index contributed by atoms with van der Waals surface area (Å²) >= 11 is 0. The second-order valence-corrected chi connectivity index (χ2v) is 1.36. The molecule has 0 aromatic carbocycles. The summed E-state index contributed by atoms with van der Waals surface area (Å²) in [5, 5.41) is 10.4. The van der Waals surface area contributed by atoms with Crippen molar-refractivity contribution in [3.63, 3.8) is 0 Å². The monoisotopic (exact) mass is 214 g/mol. The summed E-state index contributed by atoms with van der Waals surface area (Å²) in [5.74, 6) is -0.213. The molecular weight excluding hydrogens is 205 g/mol. The molecule has 0 aliphatic carbocycles. The summed E-state index contributed by atoms with van der Waals surface area (Å²) < 4.78 is 4.59. The third kappa shape index (κ3) is 11.1. The van der Waals surface area contributed by atoms with Gasteiger partial charge in [-0.05, 0) is 13.3 Å². The minimum atomic E-state index is -0.213. The summed E-state index contributed by atoms with van der Waals surface area (Å²) in [4.78, 5) is 0. The van der Waals surface area contributed by atoms with Gasteiger partial charge in [-0.25, -0.2) is 5.11 Å². The van der Waals surface area contributed by atoms with Gasteiger partial charge in [0.1, 0.15) is 0 Å². The van der Waals surface area contributed by atoms with Crippen LogP contribution in [0.2, 0.25) is 0 Å². The average molecular weight is 216 g/mol. The number of halogens is 1. The minimum absolute atomic E-state index is 0. The smallest absolute Gasteiger partial charge is 0.326 e. The van der Waals surface area contributed by atoms with Gasteiger partial charge < -0.3 is 17.1 Å². The van der Waals surface area contributed by atoms with Crippen LogP contribution in [0, 0.1) is 0 Å². The molecule has 0 aromatic rings. The van der Waals surface area contributed by atoms with Crippen LogP contribution < -0.4 is 12.4 Å². The number of hydrogen-bond donors (Lipinski definition) is 0. The largest absolute Gasteiger partial charge is 1.00 e. The Morgan fingerprint density at radius 1 is 1.50 bits per heavy atom. The van der Waals surface area contributed by atoms with Gasteiger partial charge in [0.2, 0.25) is 0 Å². The first kappa shape index (κ1) is 16.7. The van der Waals surface area contributed by atoms with Crippen molar-refractivity contribution < 1.29 is 41.7 Å². The molecule has 0 amide bonds. The summed E-state index contributed by atoms with van der Waals surface area (Å²) in [5.41, 5.74) is 0. The second-order valence-electron chi connectivity index (χ2n) is 1.36. The zero-order valence-electron chi connectivity index (χ0n) is 6.39. The standard InChI is InChI=1S/C6H11O2.ClH.Zn/c1-3-5-6(7)8-4-2;;/h5H,3-4H2,1-2H3;1H;/p-1. The summed E-state index contributed by atoms with van der Waals surface area (Å²) in [7, 11) is 0. The molecule has 0 aliphatic heterocycles. The van der Waals surface area contributed by atoms with Crippen LogP contribution in [0.1, 0.15) is 20.3 Å². The number of hydrogen-bond acceptors (Lipinski definition) is 1. The van der Waals surface area contributed by atoms with E-state index in [2.05, 4.69) is 4.74 Å². The molecule has 10 heavy (non-hydrogen) atoms. The fraction of sp³-hybridized carbons (Fsp3) is 0.667. The molecule has 0 saturated carbocycles. The van der Waals surface area contributed by atoms with Gasteiger partial charge in [-0.3, -0.25) is 0 Å². The predicted octanol–water partition coefficient (Wildman–Crippen LogP) is -1.29. The van der Waals surface area contributed by atoms with E-state index in [1.807, 2.05) is 6.92 Å². The molecule has 0 rings (SSSR count). The average Bonchev–Trinajstić information content (AvgIpc) is 1.68.